The van der Waals surface area contributed by atoms with Crippen LogP contribution in [0.1, 0.15) is 19.3 Å². The van der Waals surface area contributed by atoms with Gasteiger partial charge in [0.1, 0.15) is 0 Å². The number of rotatable bonds is 6. The maximum absolute atomic E-state index is 13.2. The van der Waals surface area contributed by atoms with Crippen molar-refractivity contribution >= 4 is 34.5 Å². The number of nitrogens with one attached hydrogen (secondary N) is 1. The van der Waals surface area contributed by atoms with Crippen molar-refractivity contribution in [3.05, 3.63) is 71.1 Å². The molecule has 0 spiro atoms. The number of hydrogen-bond acceptors (Lipinski definition) is 7. The maximum atomic E-state index is 13.2. The van der Waals surface area contributed by atoms with Crippen molar-refractivity contribution in [3.8, 4) is 5.69 Å². The molecule has 1 aliphatic heterocycles. The van der Waals surface area contributed by atoms with Crippen LogP contribution in [0.4, 0.5) is 5.88 Å². The van der Waals surface area contributed by atoms with Gasteiger partial charge >= 0.3 is 5.88 Å². The third-order valence-electron chi connectivity index (χ3n) is 5.43. The molecule has 2 aromatic carbocycles. The molecule has 10 heteroatoms. The molecular weight excluding hydrogens is 440 g/mol. The van der Waals surface area contributed by atoms with E-state index in [1.165, 1.54) is 18.2 Å². The first kappa shape index (κ1) is 21.2. The van der Waals surface area contributed by atoms with Gasteiger partial charge in [0.2, 0.25) is 11.2 Å². The van der Waals surface area contributed by atoms with E-state index in [4.69, 9.17) is 4.52 Å². The van der Waals surface area contributed by atoms with Gasteiger partial charge in [0.15, 0.2) is 5.16 Å². The van der Waals surface area contributed by atoms with Gasteiger partial charge in [0, 0.05) is 0 Å². The Labute approximate surface area is 194 Å². The van der Waals surface area contributed by atoms with Gasteiger partial charge in [-0.25, -0.2) is 4.98 Å². The summed E-state index contributed by atoms with van der Waals surface area (Å²) in [7, 11) is 0. The monoisotopic (exact) mass is 463 g/mol. The lowest BCUT2D eigenvalue weighted by atomic mass is 10.2. The van der Waals surface area contributed by atoms with Gasteiger partial charge in [0.05, 0.1) is 40.2 Å². The molecule has 3 heterocycles. The van der Waals surface area contributed by atoms with Crippen LogP contribution in [0.15, 0.2) is 75.3 Å². The highest BCUT2D eigenvalue weighted by Crippen LogP contribution is 2.21. The first-order valence-electron chi connectivity index (χ1n) is 10.8. The predicted octanol–water partition coefficient (Wildman–Crippen LogP) is 2.51. The van der Waals surface area contributed by atoms with E-state index in [0.717, 1.165) is 25.9 Å². The van der Waals surface area contributed by atoms with Crippen LogP contribution in [0, 0.1) is 0 Å². The second-order valence-corrected chi connectivity index (χ2v) is 8.67. The lowest BCUT2D eigenvalue weighted by Crippen LogP contribution is -2.60. The molecule has 0 bridgehead atoms. The number of aromatic nitrogens is 4. The first-order valence-corrected chi connectivity index (χ1v) is 11.8. The number of nitrogens with zero attached hydrogens (tertiary/aromatic N) is 5. The molecule has 9 nitrogen and oxygen atoms in total. The number of carbonyl (C=O) groups is 1. The molecule has 4 aromatic rings. The predicted molar refractivity (Wildman–Crippen MR) is 125 cm³/mol. The molecule has 1 fully saturated rings. The molecule has 0 unspecified atom stereocenters. The number of para-hydroxylation sites is 2. The number of amides is 1. The Kier molecular flexibility index (Phi) is 6.07. The van der Waals surface area contributed by atoms with Gasteiger partial charge < -0.3 is 0 Å². The zero-order valence-corrected chi connectivity index (χ0v) is 18.7. The molecule has 1 aliphatic rings. The summed E-state index contributed by atoms with van der Waals surface area (Å²) in [5, 5.41) is 9.78. The SMILES string of the molecule is O=C(CSc1nc2ccccc2c(=O)n1-c1ccccc1)Nc1c[n+](N2CCCCC2)no1. The van der Waals surface area contributed by atoms with Crippen LogP contribution in [0.5, 0.6) is 0 Å². The van der Waals surface area contributed by atoms with Crippen LogP contribution >= 0.6 is 11.8 Å². The molecular formula is C23H23N6O3S+. The largest absolute Gasteiger partial charge is 0.305 e. The summed E-state index contributed by atoms with van der Waals surface area (Å²) in [5.74, 6) is 0.0595. The molecule has 0 radical (unpaired) electrons. The fourth-order valence-electron chi connectivity index (χ4n) is 3.83. The third-order valence-corrected chi connectivity index (χ3v) is 6.37. The number of benzene rings is 2. The smallest absolute Gasteiger partial charge is 0.288 e. The van der Waals surface area contributed by atoms with E-state index in [9.17, 15) is 9.59 Å². The van der Waals surface area contributed by atoms with Gasteiger partial charge in [-0.3, -0.25) is 24.0 Å². The Bertz CT molecular complexity index is 1330. The highest BCUT2D eigenvalue weighted by atomic mass is 32.2. The van der Waals surface area contributed by atoms with E-state index in [-0.39, 0.29) is 23.1 Å². The Hall–Kier alpha value is -3.66. The number of carbonyl (C=O) groups excluding carboxylic acids is 1. The van der Waals surface area contributed by atoms with Gasteiger partial charge in [-0.15, -0.1) is 0 Å². The molecule has 5 rings (SSSR count). The minimum Gasteiger partial charge on any atom is -0.288 e. The fourth-order valence-corrected chi connectivity index (χ4v) is 4.64. The number of anilines is 1. The summed E-state index contributed by atoms with van der Waals surface area (Å²) in [5.41, 5.74) is 1.12. The van der Waals surface area contributed by atoms with Crippen molar-refractivity contribution in [1.29, 1.82) is 0 Å². The van der Waals surface area contributed by atoms with Crippen molar-refractivity contribution in [1.82, 2.24) is 14.8 Å². The number of piperidine rings is 1. The van der Waals surface area contributed by atoms with E-state index < -0.39 is 0 Å². The molecule has 0 saturated carbocycles. The highest BCUT2D eigenvalue weighted by Gasteiger charge is 2.23. The summed E-state index contributed by atoms with van der Waals surface area (Å²) >= 11 is 1.19. The Balaban J connectivity index is 1.34. The summed E-state index contributed by atoms with van der Waals surface area (Å²) in [6.07, 6.45) is 5.11. The minimum atomic E-state index is -0.274. The molecule has 1 amide bonds. The molecule has 1 saturated heterocycles. The molecule has 168 valence electrons. The van der Waals surface area contributed by atoms with E-state index in [2.05, 4.69) is 20.6 Å². The van der Waals surface area contributed by atoms with Gasteiger partial charge in [-0.05, 0) is 43.5 Å². The third kappa shape index (κ3) is 4.61. The average molecular weight is 464 g/mol. The standard InChI is InChI=1S/C23H22N6O3S/c30-20(25-21-15-28(26-32-21)27-13-7-2-8-14-27)16-33-23-24-19-12-6-5-11-18(19)22(31)29(23)17-9-3-1-4-10-17/h1,3-6,9-12,15H,2,7-8,13-14,16H2/p+1. The van der Waals surface area contributed by atoms with Gasteiger partial charge in [-0.2, -0.15) is 5.01 Å². The van der Waals surface area contributed by atoms with E-state index in [0.29, 0.717) is 21.7 Å². The van der Waals surface area contributed by atoms with Crippen LogP contribution in [0.2, 0.25) is 0 Å². The van der Waals surface area contributed by atoms with Crippen molar-refractivity contribution in [2.24, 2.45) is 0 Å². The zero-order valence-electron chi connectivity index (χ0n) is 17.9. The topological polar surface area (TPSA) is 97.1 Å². The van der Waals surface area contributed by atoms with Gasteiger partial charge in [0.25, 0.3) is 11.8 Å². The van der Waals surface area contributed by atoms with Crippen LogP contribution in [0.3, 0.4) is 0 Å². The Morgan fingerprint density at radius 1 is 1.06 bits per heavy atom. The minimum absolute atomic E-state index is 0.0576. The first-order chi connectivity index (χ1) is 16.2. The summed E-state index contributed by atoms with van der Waals surface area (Å²) in [6, 6.07) is 16.5. The molecule has 0 aliphatic carbocycles. The molecule has 1 N–H and O–H groups in total. The summed E-state index contributed by atoms with van der Waals surface area (Å²) in [4.78, 5) is 32.1. The molecule has 0 atom stereocenters. The van der Waals surface area contributed by atoms with Crippen LogP contribution in [-0.2, 0) is 4.79 Å². The average Bonchev–Trinajstić information content (AvgIpc) is 3.32. The summed E-state index contributed by atoms with van der Waals surface area (Å²) < 4.78 is 6.81. The number of hydrogen-bond donors (Lipinski definition) is 1. The second-order valence-electron chi connectivity index (χ2n) is 7.73. The van der Waals surface area contributed by atoms with Crippen molar-refractivity contribution in [3.63, 3.8) is 0 Å². The van der Waals surface area contributed by atoms with E-state index in [1.54, 1.807) is 27.7 Å². The van der Waals surface area contributed by atoms with E-state index in [1.807, 2.05) is 42.5 Å². The van der Waals surface area contributed by atoms with Crippen molar-refractivity contribution < 1.29 is 14.1 Å². The van der Waals surface area contributed by atoms with E-state index >= 15 is 0 Å². The van der Waals surface area contributed by atoms with Crippen LogP contribution < -0.4 is 20.7 Å². The van der Waals surface area contributed by atoms with Crippen LogP contribution in [-0.4, -0.2) is 39.6 Å². The molecule has 2 aromatic heterocycles. The fraction of sp³-hybridized carbons (Fsp3) is 0.261. The lowest BCUT2D eigenvalue weighted by molar-refractivity contribution is -0.759. The van der Waals surface area contributed by atoms with Crippen molar-refractivity contribution in [2.75, 3.05) is 29.2 Å². The molecule has 33 heavy (non-hydrogen) atoms. The quantitative estimate of drug-likeness (QED) is 0.267. The Morgan fingerprint density at radius 2 is 1.82 bits per heavy atom. The Morgan fingerprint density at radius 3 is 2.64 bits per heavy atom. The van der Waals surface area contributed by atoms with Crippen LogP contribution in [0.25, 0.3) is 16.6 Å². The van der Waals surface area contributed by atoms with Gasteiger partial charge in [-0.1, -0.05) is 42.1 Å². The summed E-state index contributed by atoms with van der Waals surface area (Å²) in [6.45, 7) is 1.82. The zero-order chi connectivity index (χ0) is 22.6. The highest BCUT2D eigenvalue weighted by molar-refractivity contribution is 7.99. The normalized spacial score (nSPS) is 13.9. The number of thioether (sulfide) groups is 1. The van der Waals surface area contributed by atoms with Crippen molar-refractivity contribution in [2.45, 2.75) is 24.4 Å². The number of fused-ring (bicyclic) bond motifs is 1. The maximum Gasteiger partial charge on any atom is 0.305 e. The lowest BCUT2D eigenvalue weighted by Gasteiger charge is -2.17. The second kappa shape index (κ2) is 9.45.